The highest BCUT2D eigenvalue weighted by atomic mass is 35.5. The van der Waals surface area contributed by atoms with Gasteiger partial charge in [0.25, 0.3) is 17.7 Å². The maximum Gasteiger partial charge on any atom is 0.259 e. The molecule has 8 nitrogen and oxygen atoms in total. The van der Waals surface area contributed by atoms with Crippen LogP contribution in [-0.4, -0.2) is 58.0 Å². The van der Waals surface area contributed by atoms with Crippen molar-refractivity contribution in [2.24, 2.45) is 5.73 Å². The zero-order valence-corrected chi connectivity index (χ0v) is 20.7. The van der Waals surface area contributed by atoms with Gasteiger partial charge in [0.2, 0.25) is 0 Å². The number of aliphatic hydroxyl groups excluding tert-OH is 1. The van der Waals surface area contributed by atoms with Crippen LogP contribution in [0.2, 0.25) is 5.02 Å². The van der Waals surface area contributed by atoms with Crippen LogP contribution in [0.5, 0.6) is 0 Å². The normalized spacial score (nSPS) is 17.2. The molecule has 2 aliphatic heterocycles. The van der Waals surface area contributed by atoms with Gasteiger partial charge in [0.15, 0.2) is 0 Å². The molecule has 1 aromatic heterocycles. The summed E-state index contributed by atoms with van der Waals surface area (Å²) in [7, 11) is 0. The van der Waals surface area contributed by atoms with Crippen molar-refractivity contribution in [3.05, 3.63) is 70.2 Å². The van der Waals surface area contributed by atoms with Crippen molar-refractivity contribution >= 4 is 51.1 Å². The lowest BCUT2D eigenvalue weighted by Crippen LogP contribution is -2.31. The molecule has 4 N–H and O–H groups in total. The summed E-state index contributed by atoms with van der Waals surface area (Å²) in [6.07, 6.45) is 1.24. The summed E-state index contributed by atoms with van der Waals surface area (Å²) in [6, 6.07) is 14.5. The molecule has 9 heteroatoms. The Labute approximate surface area is 217 Å². The molecule has 4 aromatic rings. The highest BCUT2D eigenvalue weighted by Gasteiger charge is 2.35. The molecule has 3 heterocycles. The molecule has 37 heavy (non-hydrogen) atoms. The van der Waals surface area contributed by atoms with Crippen LogP contribution in [0.15, 0.2) is 48.5 Å². The van der Waals surface area contributed by atoms with Crippen LogP contribution in [0.1, 0.15) is 43.9 Å². The molecular formula is C28H25ClN4O4. The van der Waals surface area contributed by atoms with E-state index in [1.165, 1.54) is 0 Å². The molecular weight excluding hydrogens is 492 g/mol. The topological polar surface area (TPSA) is 118 Å². The van der Waals surface area contributed by atoms with Crippen LogP contribution in [0.3, 0.4) is 0 Å². The summed E-state index contributed by atoms with van der Waals surface area (Å²) in [5.41, 5.74) is 9.82. The quantitative estimate of drug-likeness (QED) is 0.351. The molecule has 1 atom stereocenters. The number of benzene rings is 3. The third-order valence-corrected chi connectivity index (χ3v) is 7.63. The number of halogens is 1. The highest BCUT2D eigenvalue weighted by molar-refractivity contribution is 6.36. The van der Waals surface area contributed by atoms with E-state index >= 15 is 0 Å². The monoisotopic (exact) mass is 516 g/mol. The molecule has 6 rings (SSSR count). The highest BCUT2D eigenvalue weighted by Crippen LogP contribution is 2.42. The van der Waals surface area contributed by atoms with E-state index in [9.17, 15) is 19.5 Å². The first-order valence-corrected chi connectivity index (χ1v) is 12.7. The number of carbonyl (C=O) groups excluding carboxylic acids is 3. The molecule has 0 saturated carbocycles. The number of hydrogen-bond acceptors (Lipinski definition) is 5. The zero-order valence-electron chi connectivity index (χ0n) is 20.0. The smallest absolute Gasteiger partial charge is 0.259 e. The van der Waals surface area contributed by atoms with Crippen LogP contribution in [-0.2, 0) is 6.54 Å². The van der Waals surface area contributed by atoms with E-state index in [0.717, 1.165) is 22.8 Å². The Kier molecular flexibility index (Phi) is 5.75. The Morgan fingerprint density at radius 1 is 1.05 bits per heavy atom. The minimum Gasteiger partial charge on any atom is -0.396 e. The number of nitrogens with two attached hydrogens (primary N) is 1. The number of imide groups is 1. The summed E-state index contributed by atoms with van der Waals surface area (Å²) < 4.78 is 2.00. The van der Waals surface area contributed by atoms with Gasteiger partial charge in [-0.1, -0.05) is 35.9 Å². The van der Waals surface area contributed by atoms with Gasteiger partial charge in [-0.05, 0) is 42.7 Å². The molecule has 188 valence electrons. The Morgan fingerprint density at radius 2 is 1.84 bits per heavy atom. The van der Waals surface area contributed by atoms with Crippen LogP contribution >= 0.6 is 11.6 Å². The zero-order chi connectivity index (χ0) is 25.8. The molecule has 3 aromatic carbocycles. The number of nitrogens with zero attached hydrogens (tertiary/aromatic N) is 2. The van der Waals surface area contributed by atoms with Crippen molar-refractivity contribution in [3.63, 3.8) is 0 Å². The van der Waals surface area contributed by atoms with Gasteiger partial charge in [-0.25, -0.2) is 0 Å². The number of rotatable bonds is 5. The number of aryl methyl sites for hydroxylation is 1. The predicted octanol–water partition coefficient (Wildman–Crippen LogP) is 3.55. The second-order valence-electron chi connectivity index (χ2n) is 9.59. The number of likely N-dealkylation sites (tertiary alicyclic amines) is 1. The summed E-state index contributed by atoms with van der Waals surface area (Å²) in [5, 5.41) is 13.9. The third-order valence-electron chi connectivity index (χ3n) is 7.30. The Hall–Kier alpha value is -3.72. The molecule has 1 unspecified atom stereocenters. The van der Waals surface area contributed by atoms with Crippen molar-refractivity contribution in [2.45, 2.75) is 25.4 Å². The van der Waals surface area contributed by atoms with Gasteiger partial charge < -0.3 is 20.3 Å². The molecule has 0 spiro atoms. The number of aromatic nitrogens is 1. The molecule has 0 bridgehead atoms. The van der Waals surface area contributed by atoms with Gasteiger partial charge in [-0.2, -0.15) is 0 Å². The van der Waals surface area contributed by atoms with Gasteiger partial charge in [0, 0.05) is 64.7 Å². The maximum absolute atomic E-state index is 13.2. The van der Waals surface area contributed by atoms with Gasteiger partial charge in [0.05, 0.1) is 16.6 Å². The SMILES string of the molecule is NC1CCN(C(=O)c2ccc3c4c5c(c(-c6ccccc6Cl)cc4n(CCCO)c3c2)C(=O)NC5=O)C1. The first-order valence-electron chi connectivity index (χ1n) is 12.3. The van der Waals surface area contributed by atoms with Crippen molar-refractivity contribution < 1.29 is 19.5 Å². The first-order chi connectivity index (χ1) is 17.9. The number of amides is 3. The largest absolute Gasteiger partial charge is 0.396 e. The summed E-state index contributed by atoms with van der Waals surface area (Å²) in [4.78, 5) is 41.1. The van der Waals surface area contributed by atoms with Gasteiger partial charge in [0.1, 0.15) is 0 Å². The molecule has 0 aliphatic carbocycles. The van der Waals surface area contributed by atoms with Crippen molar-refractivity contribution in [2.75, 3.05) is 19.7 Å². The van der Waals surface area contributed by atoms with E-state index < -0.39 is 11.8 Å². The summed E-state index contributed by atoms with van der Waals surface area (Å²) in [5.74, 6) is -1.03. The van der Waals surface area contributed by atoms with E-state index in [2.05, 4.69) is 5.32 Å². The second-order valence-corrected chi connectivity index (χ2v) is 10.00. The third kappa shape index (κ3) is 3.71. The molecule has 1 saturated heterocycles. The molecule has 3 amide bonds. The van der Waals surface area contributed by atoms with Crippen molar-refractivity contribution in [3.8, 4) is 11.1 Å². The summed E-state index contributed by atoms with van der Waals surface area (Å²) in [6.45, 7) is 1.57. The fourth-order valence-corrected chi connectivity index (χ4v) is 5.83. The number of carbonyl (C=O) groups is 3. The van der Waals surface area contributed by atoms with Gasteiger partial charge >= 0.3 is 0 Å². The lowest BCUT2D eigenvalue weighted by molar-refractivity contribution is 0.0789. The van der Waals surface area contributed by atoms with Crippen molar-refractivity contribution in [1.29, 1.82) is 0 Å². The molecule has 1 fully saturated rings. The Bertz CT molecular complexity index is 1630. The standard InChI is InChI=1S/C28H25ClN4O4/c29-20-5-2-1-4-17(20)19-13-22-23(25-24(19)26(35)31-27(25)36)18-7-6-15(12-21(18)33(22)9-3-11-34)28(37)32-10-8-16(30)14-32/h1-2,4-7,12-13,16,34H,3,8-11,14,30H2,(H,31,35,36). The van der Waals surface area contributed by atoms with Crippen LogP contribution in [0.25, 0.3) is 32.9 Å². The van der Waals surface area contributed by atoms with Gasteiger partial charge in [-0.15, -0.1) is 0 Å². The van der Waals surface area contributed by atoms with E-state index in [-0.39, 0.29) is 24.1 Å². The Morgan fingerprint density at radius 3 is 2.57 bits per heavy atom. The summed E-state index contributed by atoms with van der Waals surface area (Å²) >= 11 is 6.52. The van der Waals surface area contributed by atoms with Crippen molar-refractivity contribution in [1.82, 2.24) is 14.8 Å². The van der Waals surface area contributed by atoms with Crippen LogP contribution in [0.4, 0.5) is 0 Å². The minimum atomic E-state index is -0.467. The molecule has 2 aliphatic rings. The van der Waals surface area contributed by atoms with E-state index in [1.54, 1.807) is 23.1 Å². The average molecular weight is 517 g/mol. The van der Waals surface area contributed by atoms with E-state index in [4.69, 9.17) is 17.3 Å². The van der Waals surface area contributed by atoms with Crippen LogP contribution < -0.4 is 11.1 Å². The van der Waals surface area contributed by atoms with E-state index in [1.807, 2.05) is 34.9 Å². The second kappa shape index (κ2) is 8.99. The predicted molar refractivity (Wildman–Crippen MR) is 142 cm³/mol. The fraction of sp³-hybridized carbons (Fsp3) is 0.250. The number of hydrogen-bond donors (Lipinski definition) is 3. The molecule has 0 radical (unpaired) electrons. The first kappa shape index (κ1) is 23.7. The lowest BCUT2D eigenvalue weighted by Gasteiger charge is -2.16. The number of aliphatic hydroxyl groups is 1. The maximum atomic E-state index is 13.2. The van der Waals surface area contributed by atoms with Crippen LogP contribution in [0, 0.1) is 0 Å². The average Bonchev–Trinajstić information content (AvgIpc) is 3.55. The van der Waals surface area contributed by atoms with Gasteiger partial charge in [-0.3, -0.25) is 19.7 Å². The number of fused-ring (bicyclic) bond motifs is 5. The lowest BCUT2D eigenvalue weighted by atomic mass is 9.92. The minimum absolute atomic E-state index is 0.0211. The fourth-order valence-electron chi connectivity index (χ4n) is 5.59. The Balaban J connectivity index is 1.65. The number of nitrogens with one attached hydrogen (secondary N) is 1. The van der Waals surface area contributed by atoms with E-state index in [0.29, 0.717) is 58.7 Å².